The van der Waals surface area contributed by atoms with Crippen molar-refractivity contribution in [2.45, 2.75) is 42.6 Å². The van der Waals surface area contributed by atoms with Gasteiger partial charge in [0.15, 0.2) is 22.2 Å². The molecule has 2 saturated heterocycles. The lowest BCUT2D eigenvalue weighted by atomic mass is 9.96. The Morgan fingerprint density at radius 2 is 2.35 bits per heavy atom. The maximum absolute atomic E-state index is 12.7. The zero-order valence-electron chi connectivity index (χ0n) is 12.5. The Hall–Kier alpha value is -2.23. The van der Waals surface area contributed by atoms with Crippen LogP contribution >= 0.6 is 0 Å². The highest BCUT2D eigenvalue weighted by Crippen LogP contribution is 2.45. The van der Waals surface area contributed by atoms with Crippen LogP contribution in [-0.2, 0) is 32.5 Å². The molecular weight excluding hydrogens is 324 g/mol. The van der Waals surface area contributed by atoms with Crippen molar-refractivity contribution < 1.29 is 27.8 Å². The minimum absolute atomic E-state index is 0.182. The number of carboxylic acid groups (broad SMARTS) is 1. The van der Waals surface area contributed by atoms with Gasteiger partial charge in [-0.1, -0.05) is 6.58 Å². The first-order valence-electron chi connectivity index (χ1n) is 7.02. The van der Waals surface area contributed by atoms with Crippen LogP contribution in [0.4, 0.5) is 0 Å². The van der Waals surface area contributed by atoms with E-state index in [0.717, 1.165) is 4.90 Å². The molecule has 0 spiro atoms. The predicted octanol–water partition coefficient (Wildman–Crippen LogP) is -2.78. The van der Waals surface area contributed by atoms with E-state index in [1.807, 2.05) is 0 Å². The number of nitrogens with zero attached hydrogens (tertiary/aromatic N) is 4. The third-order valence-corrected chi connectivity index (χ3v) is 7.23. The van der Waals surface area contributed by atoms with E-state index in [9.17, 15) is 23.1 Å². The Balaban J connectivity index is 2.00. The number of amides is 1. The minimum Gasteiger partial charge on any atom is -0.548 e. The summed E-state index contributed by atoms with van der Waals surface area (Å²) in [6.45, 7) is 5.16. The molecule has 1 aromatic rings. The Morgan fingerprint density at radius 1 is 1.65 bits per heavy atom. The second-order valence-corrected chi connectivity index (χ2v) is 8.50. The van der Waals surface area contributed by atoms with Gasteiger partial charge in [0.1, 0.15) is 23.2 Å². The molecule has 0 unspecified atom stereocenters. The van der Waals surface area contributed by atoms with Crippen molar-refractivity contribution in [3.05, 3.63) is 25.0 Å². The van der Waals surface area contributed by atoms with Gasteiger partial charge >= 0.3 is 0 Å². The molecule has 1 aromatic heterocycles. The highest BCUT2D eigenvalue weighted by Gasteiger charge is 2.68. The Morgan fingerprint density at radius 3 is 2.91 bits per heavy atom. The summed E-state index contributed by atoms with van der Waals surface area (Å²) in [5.74, 6) is -2.06. The van der Waals surface area contributed by atoms with Gasteiger partial charge in [0, 0.05) is 0 Å². The standard InChI is InChI=1S/C13H16N4O5S/c1-3-4-15-5-6-16(14-15)8-13(2)11(12(19)20)17-9(18)7-10(17)23(13,21)22/h3,5-6,10-11H,1,4,7-8H2,2H3/t10-,11+,13+/m1/s1. The predicted molar refractivity (Wildman–Crippen MR) is 74.0 cm³/mol. The molecule has 124 valence electrons. The van der Waals surface area contributed by atoms with Gasteiger partial charge in [0.25, 0.3) is 0 Å². The lowest BCUT2D eigenvalue weighted by Crippen LogP contribution is -2.63. The summed E-state index contributed by atoms with van der Waals surface area (Å²) in [5, 5.41) is 14.6. The van der Waals surface area contributed by atoms with Crippen molar-refractivity contribution in [1.29, 1.82) is 0 Å². The summed E-state index contributed by atoms with van der Waals surface area (Å²) in [7, 11) is -3.86. The largest absolute Gasteiger partial charge is 0.548 e. The molecule has 3 atom stereocenters. The molecule has 0 aliphatic carbocycles. The number of aliphatic carboxylic acids is 1. The molecule has 0 saturated carbocycles. The molecular formula is C13H16N4O5S. The van der Waals surface area contributed by atoms with Gasteiger partial charge in [-0.15, -0.1) is 9.36 Å². The molecule has 2 aliphatic rings. The third kappa shape index (κ3) is 2.01. The number of rotatable bonds is 5. The third-order valence-electron chi connectivity index (χ3n) is 4.47. The average Bonchev–Trinajstić information content (AvgIpc) is 2.92. The molecule has 0 N–H and O–H groups in total. The van der Waals surface area contributed by atoms with Crippen LogP contribution in [0.5, 0.6) is 0 Å². The first kappa shape index (κ1) is 15.7. The summed E-state index contributed by atoms with van der Waals surface area (Å²) < 4.78 is 26.6. The normalized spacial score (nSPS) is 31.5. The summed E-state index contributed by atoms with van der Waals surface area (Å²) in [5.41, 5.74) is 0. The topological polar surface area (TPSA) is 116 Å². The van der Waals surface area contributed by atoms with E-state index in [2.05, 4.69) is 11.8 Å². The quantitative estimate of drug-likeness (QED) is 0.325. The summed E-state index contributed by atoms with van der Waals surface area (Å²) >= 11 is 0. The molecule has 9 nitrogen and oxygen atoms in total. The lowest BCUT2D eigenvalue weighted by molar-refractivity contribution is -0.758. The van der Waals surface area contributed by atoms with Gasteiger partial charge in [-0.25, -0.2) is 8.42 Å². The van der Waals surface area contributed by atoms with Crippen LogP contribution in [0.3, 0.4) is 0 Å². The van der Waals surface area contributed by atoms with Gasteiger partial charge in [-0.3, -0.25) is 4.79 Å². The van der Waals surface area contributed by atoms with Gasteiger partial charge in [-0.05, 0) is 13.0 Å². The number of aromatic nitrogens is 3. The molecule has 3 heterocycles. The number of fused-ring (bicyclic) bond motifs is 1. The van der Waals surface area contributed by atoms with Crippen molar-refractivity contribution in [2.75, 3.05) is 0 Å². The van der Waals surface area contributed by atoms with Crippen molar-refractivity contribution >= 4 is 21.7 Å². The Labute approximate surface area is 132 Å². The smallest absolute Gasteiger partial charge is 0.227 e. The zero-order chi connectivity index (χ0) is 17.0. The number of carbonyl (C=O) groups is 2. The summed E-state index contributed by atoms with van der Waals surface area (Å²) in [4.78, 5) is 24.1. The van der Waals surface area contributed by atoms with Crippen LogP contribution in [0.1, 0.15) is 13.3 Å². The van der Waals surface area contributed by atoms with E-state index in [1.54, 1.807) is 18.5 Å². The van der Waals surface area contributed by atoms with Crippen LogP contribution in [-0.4, -0.2) is 51.3 Å². The van der Waals surface area contributed by atoms with Gasteiger partial charge in [-0.2, -0.15) is 0 Å². The van der Waals surface area contributed by atoms with Gasteiger partial charge < -0.3 is 14.8 Å². The fourth-order valence-electron chi connectivity index (χ4n) is 3.27. The summed E-state index contributed by atoms with van der Waals surface area (Å²) in [6.07, 6.45) is 4.62. The fraction of sp³-hybridized carbons (Fsp3) is 0.538. The minimum atomic E-state index is -3.86. The number of β-lactam (4-membered cyclic amide) rings is 1. The van der Waals surface area contributed by atoms with E-state index in [4.69, 9.17) is 0 Å². The highest BCUT2D eigenvalue weighted by atomic mass is 32.2. The number of hydrogen-bond acceptors (Lipinski definition) is 6. The van der Waals surface area contributed by atoms with Crippen molar-refractivity contribution in [1.82, 2.24) is 14.8 Å². The van der Waals surface area contributed by atoms with Crippen LogP contribution in [0.25, 0.3) is 0 Å². The second-order valence-electron chi connectivity index (χ2n) is 5.93. The summed E-state index contributed by atoms with van der Waals surface area (Å²) in [6, 6.07) is -1.52. The second kappa shape index (κ2) is 4.88. The van der Waals surface area contributed by atoms with E-state index in [-0.39, 0.29) is 13.0 Å². The monoisotopic (exact) mass is 340 g/mol. The SMILES string of the molecule is C=CCn1cc[n+](C[C@@]2(C)[C@H](C(=O)[O-])N3C(=O)C[C@H]3S2(=O)=O)n1. The Bertz CT molecular complexity index is 801. The van der Waals surface area contributed by atoms with Crippen molar-refractivity contribution in [3.63, 3.8) is 0 Å². The highest BCUT2D eigenvalue weighted by molar-refractivity contribution is 7.93. The number of sulfone groups is 1. The van der Waals surface area contributed by atoms with Crippen LogP contribution in [0.15, 0.2) is 25.0 Å². The molecule has 10 heteroatoms. The molecule has 2 aliphatic heterocycles. The molecule has 0 aromatic carbocycles. The number of carboxylic acids is 1. The van der Waals surface area contributed by atoms with Crippen LogP contribution in [0.2, 0.25) is 0 Å². The van der Waals surface area contributed by atoms with E-state index < -0.39 is 37.9 Å². The van der Waals surface area contributed by atoms with E-state index >= 15 is 0 Å². The number of hydrogen-bond donors (Lipinski definition) is 0. The lowest BCUT2D eigenvalue weighted by Gasteiger charge is -2.38. The average molecular weight is 340 g/mol. The van der Waals surface area contributed by atoms with Gasteiger partial charge in [0.2, 0.25) is 5.91 Å². The van der Waals surface area contributed by atoms with Gasteiger partial charge in [0.05, 0.1) is 23.6 Å². The van der Waals surface area contributed by atoms with Crippen LogP contribution in [0, 0.1) is 0 Å². The molecule has 0 radical (unpaired) electrons. The number of carbonyl (C=O) groups excluding carboxylic acids is 2. The first-order valence-corrected chi connectivity index (χ1v) is 8.56. The molecule has 2 fully saturated rings. The molecule has 23 heavy (non-hydrogen) atoms. The number of allylic oxidation sites excluding steroid dienone is 1. The molecule has 3 rings (SSSR count). The van der Waals surface area contributed by atoms with Crippen molar-refractivity contribution in [2.24, 2.45) is 0 Å². The molecule has 1 amide bonds. The molecule has 0 bridgehead atoms. The van der Waals surface area contributed by atoms with E-state index in [1.165, 1.54) is 16.3 Å². The van der Waals surface area contributed by atoms with E-state index in [0.29, 0.717) is 6.54 Å². The zero-order valence-corrected chi connectivity index (χ0v) is 13.3. The van der Waals surface area contributed by atoms with Crippen LogP contribution < -0.4 is 9.79 Å². The Kier molecular flexibility index (Phi) is 3.32. The van der Waals surface area contributed by atoms with Crippen molar-refractivity contribution in [3.8, 4) is 0 Å². The maximum atomic E-state index is 12.7. The first-order chi connectivity index (χ1) is 10.7. The maximum Gasteiger partial charge on any atom is 0.227 e. The fourth-order valence-corrected chi connectivity index (χ4v) is 5.62.